The maximum absolute atomic E-state index is 13.4. The van der Waals surface area contributed by atoms with Crippen molar-refractivity contribution in [2.24, 2.45) is 17.8 Å². The fraction of sp³-hybridized carbons (Fsp3) is 0.722. The molecule has 0 radical (unpaired) electrons. The van der Waals surface area contributed by atoms with Gasteiger partial charge in [0, 0.05) is 5.92 Å². The SMILES string of the molecule is C=C1C[C@@H]2[C@H](/C=C/[C@H](CCCCC)O[Si](C)(C)C(C)(C)C)[C@H](O[Si](C)(C)C(C)(C)C)C[C@@H]2C1OS(=O)(=O)c1ccc(C)cc1. The molecule has 3 rings (SSSR count). The summed E-state index contributed by atoms with van der Waals surface area (Å²) >= 11 is 0. The van der Waals surface area contributed by atoms with Crippen LogP contribution in [0.15, 0.2) is 53.5 Å². The third-order valence-corrected chi connectivity index (χ3v) is 21.3. The smallest absolute Gasteiger partial charge is 0.297 e. The Bertz CT molecular complexity index is 1250. The number of rotatable bonds is 13. The van der Waals surface area contributed by atoms with Crippen LogP contribution in [0.3, 0.4) is 0 Å². The predicted molar refractivity (Wildman–Crippen MR) is 190 cm³/mol. The van der Waals surface area contributed by atoms with E-state index in [0.717, 1.165) is 36.8 Å². The molecule has 0 saturated heterocycles. The van der Waals surface area contributed by atoms with Gasteiger partial charge in [0.1, 0.15) is 6.10 Å². The molecule has 2 saturated carbocycles. The lowest BCUT2D eigenvalue weighted by Crippen LogP contribution is -2.45. The van der Waals surface area contributed by atoms with E-state index in [1.165, 1.54) is 12.8 Å². The molecule has 1 aromatic rings. The molecule has 2 aliphatic carbocycles. The summed E-state index contributed by atoms with van der Waals surface area (Å²) in [4.78, 5) is 0.195. The van der Waals surface area contributed by atoms with Crippen LogP contribution in [0, 0.1) is 24.7 Å². The van der Waals surface area contributed by atoms with Gasteiger partial charge in [0.15, 0.2) is 16.6 Å². The van der Waals surface area contributed by atoms with E-state index < -0.39 is 32.9 Å². The first-order valence-corrected chi connectivity index (χ1v) is 24.0. The van der Waals surface area contributed by atoms with Gasteiger partial charge in [-0.3, -0.25) is 4.18 Å². The highest BCUT2D eigenvalue weighted by atomic mass is 32.2. The van der Waals surface area contributed by atoms with E-state index in [2.05, 4.69) is 93.4 Å². The van der Waals surface area contributed by atoms with Gasteiger partial charge in [-0.25, -0.2) is 0 Å². The van der Waals surface area contributed by atoms with Gasteiger partial charge in [0.2, 0.25) is 0 Å². The fourth-order valence-corrected chi connectivity index (χ4v) is 9.90. The van der Waals surface area contributed by atoms with Crippen molar-refractivity contribution in [1.82, 2.24) is 0 Å². The number of hydrogen-bond acceptors (Lipinski definition) is 5. The highest BCUT2D eigenvalue weighted by Crippen LogP contribution is 2.54. The van der Waals surface area contributed by atoms with E-state index >= 15 is 0 Å². The van der Waals surface area contributed by atoms with Gasteiger partial charge in [-0.1, -0.05) is 104 Å². The van der Waals surface area contributed by atoms with Crippen molar-refractivity contribution in [3.63, 3.8) is 0 Å². The van der Waals surface area contributed by atoms with Crippen LogP contribution in [0.1, 0.15) is 92.6 Å². The molecular weight excluding hydrogens is 601 g/mol. The largest absolute Gasteiger partial charge is 0.413 e. The lowest BCUT2D eigenvalue weighted by Gasteiger charge is -2.40. The highest BCUT2D eigenvalue weighted by Gasteiger charge is 2.54. The predicted octanol–water partition coefficient (Wildman–Crippen LogP) is 10.2. The summed E-state index contributed by atoms with van der Waals surface area (Å²) in [7, 11) is -7.99. The summed E-state index contributed by atoms with van der Waals surface area (Å²) in [5, 5.41) is 0.203. The second-order valence-corrected chi connectivity index (χ2v) is 27.6. The maximum atomic E-state index is 13.4. The second kappa shape index (κ2) is 14.0. The lowest BCUT2D eigenvalue weighted by atomic mass is 9.90. The van der Waals surface area contributed by atoms with Crippen LogP contribution in [0.25, 0.3) is 0 Å². The minimum atomic E-state index is -3.92. The Kier molecular flexibility index (Phi) is 11.9. The first-order valence-electron chi connectivity index (χ1n) is 16.8. The van der Waals surface area contributed by atoms with Crippen molar-refractivity contribution in [1.29, 1.82) is 0 Å². The quantitative estimate of drug-likeness (QED) is 0.0910. The Labute approximate surface area is 272 Å². The number of aryl methyl sites for hydroxylation is 1. The molecule has 6 atom stereocenters. The van der Waals surface area contributed by atoms with Crippen LogP contribution in [0.4, 0.5) is 0 Å². The van der Waals surface area contributed by atoms with Crippen molar-refractivity contribution >= 4 is 26.8 Å². The molecule has 1 unspecified atom stereocenters. The van der Waals surface area contributed by atoms with Gasteiger partial charge >= 0.3 is 0 Å². The van der Waals surface area contributed by atoms with E-state index in [4.69, 9.17) is 13.0 Å². The summed E-state index contributed by atoms with van der Waals surface area (Å²) in [5.41, 5.74) is 1.88. The minimum Gasteiger partial charge on any atom is -0.413 e. The van der Waals surface area contributed by atoms with Crippen LogP contribution in [0.5, 0.6) is 0 Å². The van der Waals surface area contributed by atoms with Crippen molar-refractivity contribution in [3.8, 4) is 0 Å². The van der Waals surface area contributed by atoms with Gasteiger partial charge in [-0.15, -0.1) is 0 Å². The Morgan fingerprint density at radius 1 is 0.955 bits per heavy atom. The van der Waals surface area contributed by atoms with Crippen LogP contribution in [-0.4, -0.2) is 43.4 Å². The van der Waals surface area contributed by atoms with Gasteiger partial charge < -0.3 is 8.85 Å². The van der Waals surface area contributed by atoms with E-state index in [1.807, 2.05) is 19.1 Å². The molecule has 0 aliphatic heterocycles. The molecule has 0 amide bonds. The van der Waals surface area contributed by atoms with Gasteiger partial charge in [-0.05, 0) is 92.0 Å². The number of benzene rings is 1. The monoisotopic (exact) mass is 662 g/mol. The van der Waals surface area contributed by atoms with E-state index in [9.17, 15) is 8.42 Å². The zero-order chi connectivity index (χ0) is 33.3. The van der Waals surface area contributed by atoms with Crippen LogP contribution >= 0.6 is 0 Å². The molecule has 8 heteroatoms. The van der Waals surface area contributed by atoms with E-state index in [1.54, 1.807) is 12.1 Å². The molecule has 1 aromatic carbocycles. The molecule has 2 aliphatic rings. The number of hydrogen-bond donors (Lipinski definition) is 0. The summed E-state index contributed by atoms with van der Waals surface area (Å²) < 4.78 is 46.9. The van der Waals surface area contributed by atoms with Crippen molar-refractivity contribution in [2.45, 2.75) is 153 Å². The fourth-order valence-electron chi connectivity index (χ4n) is 6.10. The summed E-state index contributed by atoms with van der Waals surface area (Å²) in [6.07, 6.45) is 10.3. The van der Waals surface area contributed by atoms with Crippen LogP contribution in [-0.2, 0) is 23.2 Å². The van der Waals surface area contributed by atoms with Crippen molar-refractivity contribution < 1.29 is 21.5 Å². The average Bonchev–Trinajstić information content (AvgIpc) is 3.34. The topological polar surface area (TPSA) is 61.8 Å². The van der Waals surface area contributed by atoms with Crippen LogP contribution < -0.4 is 0 Å². The summed E-state index contributed by atoms with van der Waals surface area (Å²) in [6.45, 7) is 31.5. The average molecular weight is 663 g/mol. The first kappa shape index (κ1) is 37.4. The third kappa shape index (κ3) is 8.85. The molecule has 2 fully saturated rings. The Hall–Kier alpha value is -1.04. The maximum Gasteiger partial charge on any atom is 0.297 e. The standard InChI is InChI=1S/C36H62O5SSi2/c1-14-15-16-17-28(40-43(10,11)35(4,5)6)20-23-30-31-24-27(3)34(39-42(37,38)29-21-18-26(2)19-22-29)32(31)25-33(30)41-44(12,13)36(7,8)9/h18-23,28,30-34H,3,14-17,24-25H2,1-2,4-13H3/b23-20+/t28-,30-,31+,32-,33+,34?/m0/s1. The van der Waals surface area contributed by atoms with Crippen LogP contribution in [0.2, 0.25) is 36.3 Å². The number of unbranched alkanes of at least 4 members (excludes halogenated alkanes) is 2. The summed E-state index contributed by atoms with van der Waals surface area (Å²) in [5.74, 6) is 0.404. The lowest BCUT2D eigenvalue weighted by molar-refractivity contribution is 0.138. The molecule has 0 heterocycles. The highest BCUT2D eigenvalue weighted by molar-refractivity contribution is 7.86. The van der Waals surface area contributed by atoms with E-state index in [0.29, 0.717) is 0 Å². The Balaban J connectivity index is 1.94. The molecule has 5 nitrogen and oxygen atoms in total. The zero-order valence-electron chi connectivity index (χ0n) is 29.8. The molecule has 0 aromatic heterocycles. The second-order valence-electron chi connectivity index (χ2n) is 16.5. The summed E-state index contributed by atoms with van der Waals surface area (Å²) in [6, 6.07) is 6.88. The Morgan fingerprint density at radius 2 is 1.55 bits per heavy atom. The molecule has 44 heavy (non-hydrogen) atoms. The normalized spacial score (nSPS) is 26.0. The van der Waals surface area contributed by atoms with Gasteiger partial charge in [-0.2, -0.15) is 8.42 Å². The van der Waals surface area contributed by atoms with Gasteiger partial charge in [0.05, 0.1) is 17.1 Å². The Morgan fingerprint density at radius 3 is 2.09 bits per heavy atom. The van der Waals surface area contributed by atoms with Crippen molar-refractivity contribution in [3.05, 3.63) is 54.1 Å². The first-order chi connectivity index (χ1) is 20.1. The molecule has 0 N–H and O–H groups in total. The molecule has 250 valence electrons. The minimum absolute atomic E-state index is 0.00702. The third-order valence-electron chi connectivity index (χ3n) is 11.0. The number of fused-ring (bicyclic) bond motifs is 1. The molecule has 0 bridgehead atoms. The molecular formula is C36H62O5SSi2. The van der Waals surface area contributed by atoms with Crippen molar-refractivity contribution in [2.75, 3.05) is 0 Å². The van der Waals surface area contributed by atoms with E-state index in [-0.39, 0.29) is 44.9 Å². The van der Waals surface area contributed by atoms with Gasteiger partial charge in [0.25, 0.3) is 10.1 Å². The molecule has 0 spiro atoms. The zero-order valence-corrected chi connectivity index (χ0v) is 32.6.